The van der Waals surface area contributed by atoms with Gasteiger partial charge in [0.25, 0.3) is 0 Å². The molecule has 0 saturated heterocycles. The quantitative estimate of drug-likeness (QED) is 0.128. The van der Waals surface area contributed by atoms with Gasteiger partial charge in [0, 0.05) is 20.9 Å². The van der Waals surface area contributed by atoms with Crippen molar-refractivity contribution in [3.8, 4) is 33.5 Å². The Morgan fingerprint density at radius 3 is 1.47 bits per heavy atom. The fourth-order valence-electron chi connectivity index (χ4n) is 10.3. The van der Waals surface area contributed by atoms with Crippen LogP contribution in [0.2, 0.25) is 0 Å². The molecule has 0 saturated carbocycles. The minimum absolute atomic E-state index is 1.01. The van der Waals surface area contributed by atoms with Crippen molar-refractivity contribution in [3.63, 3.8) is 0 Å². The molecule has 62 heavy (non-hydrogen) atoms. The predicted molar refractivity (Wildman–Crippen MR) is 267 cm³/mol. The van der Waals surface area contributed by atoms with Crippen LogP contribution in [-0.4, -0.2) is 9.38 Å². The van der Waals surface area contributed by atoms with Gasteiger partial charge in [-0.05, 0) is 130 Å². The van der Waals surface area contributed by atoms with Gasteiger partial charge in [0.15, 0.2) is 5.65 Å². The fourth-order valence-corrected chi connectivity index (χ4v) is 11.4. The lowest BCUT2D eigenvalue weighted by molar-refractivity contribution is 1.25. The zero-order valence-electron chi connectivity index (χ0n) is 33.4. The van der Waals surface area contributed by atoms with Gasteiger partial charge in [-0.25, -0.2) is 4.98 Å². The third-order valence-corrected chi connectivity index (χ3v) is 14.5. The van der Waals surface area contributed by atoms with Gasteiger partial charge in [-0.1, -0.05) is 164 Å². The maximum Gasteiger partial charge on any atom is 0.156 e. The molecule has 11 aromatic carbocycles. The first-order valence-electron chi connectivity index (χ1n) is 21.3. The molecular weight excluding hydrogens is 769 g/mol. The Morgan fingerprint density at radius 1 is 0.323 bits per heavy atom. The van der Waals surface area contributed by atoms with Gasteiger partial charge in [-0.2, -0.15) is 0 Å². The number of thiophene rings is 1. The molecule has 286 valence electrons. The largest absolute Gasteiger partial charge is 0.291 e. The van der Waals surface area contributed by atoms with Crippen LogP contribution in [0.1, 0.15) is 0 Å². The van der Waals surface area contributed by atoms with E-state index in [1.807, 2.05) is 11.3 Å². The first-order chi connectivity index (χ1) is 30.7. The molecule has 14 aromatic rings. The molecule has 3 heterocycles. The molecule has 2 nitrogen and oxygen atoms in total. The highest BCUT2D eigenvalue weighted by Crippen LogP contribution is 2.44. The van der Waals surface area contributed by atoms with Gasteiger partial charge in [0.2, 0.25) is 0 Å². The van der Waals surface area contributed by atoms with Crippen molar-refractivity contribution in [2.24, 2.45) is 0 Å². The second-order valence-electron chi connectivity index (χ2n) is 16.7. The maximum absolute atomic E-state index is 5.55. The molecule has 0 aliphatic rings. The summed E-state index contributed by atoms with van der Waals surface area (Å²) in [7, 11) is 0. The number of hydrogen-bond donors (Lipinski definition) is 0. The van der Waals surface area contributed by atoms with Gasteiger partial charge in [-0.15, -0.1) is 11.3 Å². The lowest BCUT2D eigenvalue weighted by Gasteiger charge is -2.12. The highest BCUT2D eigenvalue weighted by atomic mass is 32.1. The Hall–Kier alpha value is -7.85. The van der Waals surface area contributed by atoms with Crippen LogP contribution in [0, 0.1) is 0 Å². The summed E-state index contributed by atoms with van der Waals surface area (Å²) in [6.07, 6.45) is 0. The lowest BCUT2D eigenvalue weighted by Crippen LogP contribution is -1.93. The highest BCUT2D eigenvalue weighted by molar-refractivity contribution is 7.26. The SMILES string of the molecule is c1ccc2cc3c(ccc4c3nc3c5sc6cc7ccccc7cc6c5cc(-c5ccc(-c6ccc(-c7ccc8c9ccccc9c9ccccc9c8c7)cc6)cc5)n43)cc2c1. The van der Waals surface area contributed by atoms with Crippen molar-refractivity contribution in [1.82, 2.24) is 9.38 Å². The van der Waals surface area contributed by atoms with Crippen molar-refractivity contribution in [2.45, 2.75) is 0 Å². The van der Waals surface area contributed by atoms with E-state index in [2.05, 4.69) is 211 Å². The van der Waals surface area contributed by atoms with E-state index in [0.29, 0.717) is 0 Å². The number of rotatable bonds is 3. The molecule has 0 spiro atoms. The summed E-state index contributed by atoms with van der Waals surface area (Å²) in [6, 6.07) is 76.2. The van der Waals surface area contributed by atoms with Crippen molar-refractivity contribution >= 4 is 113 Å². The van der Waals surface area contributed by atoms with Crippen LogP contribution in [0.15, 0.2) is 206 Å². The van der Waals surface area contributed by atoms with E-state index < -0.39 is 0 Å². The van der Waals surface area contributed by atoms with Crippen molar-refractivity contribution in [3.05, 3.63) is 206 Å². The minimum Gasteiger partial charge on any atom is -0.291 e. The van der Waals surface area contributed by atoms with Crippen LogP contribution in [0.5, 0.6) is 0 Å². The van der Waals surface area contributed by atoms with E-state index in [4.69, 9.17) is 4.98 Å². The van der Waals surface area contributed by atoms with E-state index in [0.717, 1.165) is 27.9 Å². The molecule has 0 amide bonds. The molecule has 0 atom stereocenters. The van der Waals surface area contributed by atoms with Gasteiger partial charge in [-0.3, -0.25) is 4.40 Å². The molecule has 14 rings (SSSR count). The highest BCUT2D eigenvalue weighted by Gasteiger charge is 2.20. The zero-order valence-corrected chi connectivity index (χ0v) is 34.2. The molecule has 0 bridgehead atoms. The number of imidazole rings is 1. The molecular formula is C59H34N2S. The number of pyridine rings is 1. The summed E-state index contributed by atoms with van der Waals surface area (Å²) < 4.78 is 4.90. The minimum atomic E-state index is 1.01. The summed E-state index contributed by atoms with van der Waals surface area (Å²) >= 11 is 1.85. The van der Waals surface area contributed by atoms with Crippen molar-refractivity contribution in [1.29, 1.82) is 0 Å². The summed E-state index contributed by atoms with van der Waals surface area (Å²) in [6.45, 7) is 0. The Morgan fingerprint density at radius 2 is 0.823 bits per heavy atom. The summed E-state index contributed by atoms with van der Waals surface area (Å²) in [4.78, 5) is 5.55. The standard InChI is InChI=1S/C59H34N2S/c1-2-10-40-30-50-44(29-39(40)9-1)26-28-54-57(50)60-59-58-53(52-32-41-11-3-4-12-42(41)33-56(52)62-58)34-55(61(54)59)38-23-21-36(22-24-38)35-17-19-37(20-18-35)43-25-27-49-47-15-6-5-13-45(47)46-14-7-8-16-48(46)51(49)31-43/h1-34H. The smallest absolute Gasteiger partial charge is 0.156 e. The number of fused-ring (bicyclic) bond motifs is 17. The monoisotopic (exact) mass is 802 g/mol. The van der Waals surface area contributed by atoms with Gasteiger partial charge >= 0.3 is 0 Å². The number of hydrogen-bond acceptors (Lipinski definition) is 2. The van der Waals surface area contributed by atoms with E-state index in [1.165, 1.54) is 107 Å². The Kier molecular flexibility index (Phi) is 7.02. The van der Waals surface area contributed by atoms with E-state index in [-0.39, 0.29) is 0 Å². The van der Waals surface area contributed by atoms with Crippen LogP contribution in [-0.2, 0) is 0 Å². The average molecular weight is 803 g/mol. The molecule has 3 aromatic heterocycles. The van der Waals surface area contributed by atoms with Gasteiger partial charge in [0.05, 0.1) is 21.4 Å². The number of benzene rings is 11. The number of nitrogens with zero attached hydrogens (tertiary/aromatic N) is 2. The lowest BCUT2D eigenvalue weighted by atomic mass is 9.92. The van der Waals surface area contributed by atoms with Crippen LogP contribution in [0.4, 0.5) is 0 Å². The van der Waals surface area contributed by atoms with E-state index in [1.54, 1.807) is 0 Å². The fraction of sp³-hybridized carbons (Fsp3) is 0. The maximum atomic E-state index is 5.55. The van der Waals surface area contributed by atoms with E-state index >= 15 is 0 Å². The predicted octanol–water partition coefficient (Wildman–Crippen LogP) is 16.8. The van der Waals surface area contributed by atoms with Crippen LogP contribution >= 0.6 is 11.3 Å². The van der Waals surface area contributed by atoms with Gasteiger partial charge in [0.1, 0.15) is 0 Å². The van der Waals surface area contributed by atoms with Crippen molar-refractivity contribution < 1.29 is 0 Å². The normalized spacial score (nSPS) is 12.2. The first-order valence-corrected chi connectivity index (χ1v) is 22.1. The van der Waals surface area contributed by atoms with E-state index in [9.17, 15) is 0 Å². The second kappa shape index (κ2) is 12.8. The first kappa shape index (κ1) is 33.9. The molecule has 0 aliphatic carbocycles. The summed E-state index contributed by atoms with van der Waals surface area (Å²) in [5, 5.41) is 17.7. The average Bonchev–Trinajstić information content (AvgIpc) is 3.91. The molecule has 3 heteroatoms. The van der Waals surface area contributed by atoms with Crippen molar-refractivity contribution in [2.75, 3.05) is 0 Å². The Balaban J connectivity index is 0.903. The summed E-state index contributed by atoms with van der Waals surface area (Å²) in [5.41, 5.74) is 10.3. The van der Waals surface area contributed by atoms with Crippen LogP contribution < -0.4 is 0 Å². The molecule has 0 fully saturated rings. The van der Waals surface area contributed by atoms with Gasteiger partial charge < -0.3 is 0 Å². The number of aromatic nitrogens is 2. The molecule has 0 N–H and O–H groups in total. The third-order valence-electron chi connectivity index (χ3n) is 13.3. The molecule has 0 radical (unpaired) electrons. The zero-order chi connectivity index (χ0) is 40.5. The molecule has 0 aliphatic heterocycles. The van der Waals surface area contributed by atoms with Crippen LogP contribution in [0.25, 0.3) is 135 Å². The Bertz CT molecular complexity index is 4160. The second-order valence-corrected chi connectivity index (χ2v) is 17.8. The summed E-state index contributed by atoms with van der Waals surface area (Å²) in [5.74, 6) is 0. The molecule has 0 unspecified atom stereocenters. The topological polar surface area (TPSA) is 17.3 Å². The Labute approximate surface area is 360 Å². The third kappa shape index (κ3) is 4.94. The van der Waals surface area contributed by atoms with Crippen LogP contribution in [0.3, 0.4) is 0 Å².